The Labute approximate surface area is 105 Å². The number of hydrogen-bond donors (Lipinski definition) is 2. The maximum Gasteiger partial charge on any atom is 0.220 e. The summed E-state index contributed by atoms with van der Waals surface area (Å²) < 4.78 is 0. The van der Waals surface area contributed by atoms with E-state index in [0.717, 1.165) is 19.3 Å². The number of rotatable bonds is 3. The fourth-order valence-corrected chi connectivity index (χ4v) is 3.26. The molecule has 2 aliphatic rings. The van der Waals surface area contributed by atoms with Crippen LogP contribution in [0.25, 0.3) is 0 Å². The van der Waals surface area contributed by atoms with E-state index in [9.17, 15) is 4.79 Å². The maximum atomic E-state index is 12.0. The third-order valence-electron chi connectivity index (χ3n) is 4.36. The Balaban J connectivity index is 1.72. The SMILES string of the molecule is N[C@@H]1CCCC[C@H]1NC(=O)CC1CCCCC1. The Morgan fingerprint density at radius 1 is 1.00 bits per heavy atom. The normalized spacial score (nSPS) is 31.1. The first-order chi connectivity index (χ1) is 8.25. The lowest BCUT2D eigenvalue weighted by Crippen LogP contribution is -2.49. The Morgan fingerprint density at radius 2 is 1.65 bits per heavy atom. The predicted octanol–water partition coefficient (Wildman–Crippen LogP) is 2.34. The molecule has 0 radical (unpaired) electrons. The number of amides is 1. The van der Waals surface area contributed by atoms with Crippen LogP contribution in [0, 0.1) is 5.92 Å². The summed E-state index contributed by atoms with van der Waals surface area (Å²) in [5, 5.41) is 3.15. The van der Waals surface area contributed by atoms with Crippen molar-refractivity contribution in [2.45, 2.75) is 76.3 Å². The van der Waals surface area contributed by atoms with Gasteiger partial charge in [-0.3, -0.25) is 4.79 Å². The summed E-state index contributed by atoms with van der Waals surface area (Å²) in [6.07, 6.45) is 11.7. The highest BCUT2D eigenvalue weighted by Crippen LogP contribution is 2.26. The van der Waals surface area contributed by atoms with Gasteiger partial charge in [-0.2, -0.15) is 0 Å². The van der Waals surface area contributed by atoms with Crippen LogP contribution in [0.3, 0.4) is 0 Å². The minimum absolute atomic E-state index is 0.180. The first-order valence-electron chi connectivity index (χ1n) is 7.30. The van der Waals surface area contributed by atoms with Gasteiger partial charge in [-0.25, -0.2) is 0 Å². The van der Waals surface area contributed by atoms with E-state index in [1.54, 1.807) is 0 Å². The molecular formula is C14H26N2O. The highest BCUT2D eigenvalue weighted by molar-refractivity contribution is 5.76. The lowest BCUT2D eigenvalue weighted by molar-refractivity contribution is -0.123. The minimum Gasteiger partial charge on any atom is -0.352 e. The molecule has 0 aromatic rings. The van der Waals surface area contributed by atoms with E-state index in [-0.39, 0.29) is 18.0 Å². The first kappa shape index (κ1) is 12.9. The van der Waals surface area contributed by atoms with E-state index in [2.05, 4.69) is 5.32 Å². The highest BCUT2D eigenvalue weighted by atomic mass is 16.1. The summed E-state index contributed by atoms with van der Waals surface area (Å²) in [6, 6.07) is 0.416. The van der Waals surface area contributed by atoms with Gasteiger partial charge in [0, 0.05) is 18.5 Å². The summed E-state index contributed by atoms with van der Waals surface area (Å²) in [5.41, 5.74) is 6.05. The molecule has 2 fully saturated rings. The van der Waals surface area contributed by atoms with Crippen LogP contribution >= 0.6 is 0 Å². The van der Waals surface area contributed by atoms with Gasteiger partial charge in [-0.1, -0.05) is 32.1 Å². The molecule has 0 aromatic carbocycles. The average Bonchev–Trinajstić information content (AvgIpc) is 2.33. The van der Waals surface area contributed by atoms with Crippen molar-refractivity contribution in [3.8, 4) is 0 Å². The molecule has 0 aliphatic heterocycles. The smallest absolute Gasteiger partial charge is 0.220 e. The van der Waals surface area contributed by atoms with Gasteiger partial charge >= 0.3 is 0 Å². The van der Waals surface area contributed by atoms with Crippen LogP contribution in [0.5, 0.6) is 0 Å². The van der Waals surface area contributed by atoms with Gasteiger partial charge in [0.2, 0.25) is 5.91 Å². The van der Waals surface area contributed by atoms with Crippen LogP contribution in [-0.2, 0) is 4.79 Å². The van der Waals surface area contributed by atoms with Gasteiger partial charge in [0.15, 0.2) is 0 Å². The van der Waals surface area contributed by atoms with Crippen LogP contribution in [0.15, 0.2) is 0 Å². The predicted molar refractivity (Wildman–Crippen MR) is 69.6 cm³/mol. The number of carbonyl (C=O) groups excluding carboxylic acids is 1. The van der Waals surface area contributed by atoms with Crippen molar-refractivity contribution in [1.29, 1.82) is 0 Å². The Kier molecular flexibility index (Phi) is 4.84. The molecule has 0 aromatic heterocycles. The number of hydrogen-bond acceptors (Lipinski definition) is 2. The summed E-state index contributed by atoms with van der Waals surface area (Å²) >= 11 is 0. The van der Waals surface area contributed by atoms with Crippen molar-refractivity contribution in [3.05, 3.63) is 0 Å². The quantitative estimate of drug-likeness (QED) is 0.793. The molecule has 98 valence electrons. The molecule has 1 amide bonds. The van der Waals surface area contributed by atoms with Crippen LogP contribution in [-0.4, -0.2) is 18.0 Å². The zero-order chi connectivity index (χ0) is 12.1. The molecule has 0 unspecified atom stereocenters. The third-order valence-corrected chi connectivity index (χ3v) is 4.36. The molecule has 3 heteroatoms. The molecule has 0 saturated heterocycles. The van der Waals surface area contributed by atoms with Crippen molar-refractivity contribution in [2.75, 3.05) is 0 Å². The molecule has 17 heavy (non-hydrogen) atoms. The maximum absolute atomic E-state index is 12.0. The van der Waals surface area contributed by atoms with Crippen LogP contribution in [0.2, 0.25) is 0 Å². The molecule has 2 aliphatic carbocycles. The summed E-state index contributed by atoms with van der Waals surface area (Å²) in [7, 11) is 0. The van der Waals surface area contributed by atoms with Crippen molar-refractivity contribution in [1.82, 2.24) is 5.32 Å². The van der Waals surface area contributed by atoms with E-state index in [4.69, 9.17) is 5.73 Å². The second-order valence-electron chi connectivity index (χ2n) is 5.83. The Morgan fingerprint density at radius 3 is 2.35 bits per heavy atom. The van der Waals surface area contributed by atoms with Crippen molar-refractivity contribution < 1.29 is 4.79 Å². The van der Waals surface area contributed by atoms with E-state index < -0.39 is 0 Å². The Hall–Kier alpha value is -0.570. The van der Waals surface area contributed by atoms with Crippen LogP contribution in [0.1, 0.15) is 64.2 Å². The van der Waals surface area contributed by atoms with Crippen LogP contribution < -0.4 is 11.1 Å². The average molecular weight is 238 g/mol. The monoisotopic (exact) mass is 238 g/mol. The molecule has 3 N–H and O–H groups in total. The number of carbonyl (C=O) groups is 1. The number of nitrogens with two attached hydrogens (primary N) is 1. The largest absolute Gasteiger partial charge is 0.352 e. The first-order valence-corrected chi connectivity index (χ1v) is 7.30. The molecular weight excluding hydrogens is 212 g/mol. The van der Waals surface area contributed by atoms with Gasteiger partial charge in [-0.15, -0.1) is 0 Å². The van der Waals surface area contributed by atoms with E-state index in [1.165, 1.54) is 44.9 Å². The van der Waals surface area contributed by atoms with Crippen LogP contribution in [0.4, 0.5) is 0 Å². The topological polar surface area (TPSA) is 55.1 Å². The molecule has 3 nitrogen and oxygen atoms in total. The molecule has 0 spiro atoms. The summed E-state index contributed by atoms with van der Waals surface area (Å²) in [4.78, 5) is 12.0. The summed E-state index contributed by atoms with van der Waals surface area (Å²) in [5.74, 6) is 0.864. The van der Waals surface area contributed by atoms with Crippen molar-refractivity contribution in [3.63, 3.8) is 0 Å². The Bertz CT molecular complexity index is 249. The van der Waals surface area contributed by atoms with Gasteiger partial charge in [-0.05, 0) is 31.6 Å². The fraction of sp³-hybridized carbons (Fsp3) is 0.929. The van der Waals surface area contributed by atoms with Crippen molar-refractivity contribution >= 4 is 5.91 Å². The van der Waals surface area contributed by atoms with Gasteiger partial charge in [0.25, 0.3) is 0 Å². The van der Waals surface area contributed by atoms with Gasteiger partial charge in [0.05, 0.1) is 0 Å². The van der Waals surface area contributed by atoms with Gasteiger partial charge < -0.3 is 11.1 Å². The summed E-state index contributed by atoms with van der Waals surface area (Å²) in [6.45, 7) is 0. The van der Waals surface area contributed by atoms with E-state index in [0.29, 0.717) is 5.92 Å². The molecule has 2 rings (SSSR count). The zero-order valence-corrected chi connectivity index (χ0v) is 10.8. The highest BCUT2D eigenvalue weighted by Gasteiger charge is 2.24. The third kappa shape index (κ3) is 3.98. The molecule has 2 atom stereocenters. The number of nitrogens with one attached hydrogen (secondary N) is 1. The second-order valence-corrected chi connectivity index (χ2v) is 5.83. The standard InChI is InChI=1S/C14H26N2O/c15-12-8-4-5-9-13(12)16-14(17)10-11-6-2-1-3-7-11/h11-13H,1-10,15H2,(H,16,17)/t12-,13-/m1/s1. The van der Waals surface area contributed by atoms with E-state index >= 15 is 0 Å². The zero-order valence-electron chi connectivity index (χ0n) is 10.8. The minimum atomic E-state index is 0.180. The van der Waals surface area contributed by atoms with Crippen molar-refractivity contribution in [2.24, 2.45) is 11.7 Å². The lowest BCUT2D eigenvalue weighted by atomic mass is 9.86. The lowest BCUT2D eigenvalue weighted by Gasteiger charge is -2.30. The fourth-order valence-electron chi connectivity index (χ4n) is 3.26. The van der Waals surface area contributed by atoms with E-state index in [1.807, 2.05) is 0 Å². The van der Waals surface area contributed by atoms with Gasteiger partial charge in [0.1, 0.15) is 0 Å². The molecule has 2 saturated carbocycles. The molecule has 0 bridgehead atoms. The second kappa shape index (κ2) is 6.39. The molecule has 0 heterocycles.